The summed E-state index contributed by atoms with van der Waals surface area (Å²) in [5, 5.41) is 3.68. The maximum absolute atomic E-state index is 13.4. The monoisotopic (exact) mass is 263 g/mol. The summed E-state index contributed by atoms with van der Waals surface area (Å²) in [7, 11) is 1.89. The van der Waals surface area contributed by atoms with Gasteiger partial charge in [-0.05, 0) is 43.3 Å². The molecule has 0 aliphatic carbocycles. The molecule has 2 aromatic carbocycles. The Bertz CT molecular complexity index is 566. The van der Waals surface area contributed by atoms with Gasteiger partial charge in [-0.2, -0.15) is 0 Å². The Morgan fingerprint density at radius 2 is 1.89 bits per heavy atom. The fourth-order valence-electron chi connectivity index (χ4n) is 1.99. The normalized spacial score (nSPS) is 10.7. The first kappa shape index (κ1) is 13.1. The molecule has 2 rings (SSSR count). The Hall–Kier alpha value is -1.38. The second-order valence-corrected chi connectivity index (χ2v) is 4.72. The summed E-state index contributed by atoms with van der Waals surface area (Å²) in [5.41, 5.74) is 3.96. The molecular weight excluding hydrogens is 249 g/mol. The van der Waals surface area contributed by atoms with E-state index >= 15 is 0 Å². The molecule has 94 valence electrons. The van der Waals surface area contributed by atoms with E-state index < -0.39 is 0 Å². The molecule has 3 heteroatoms. The average molecular weight is 264 g/mol. The van der Waals surface area contributed by atoms with Crippen LogP contribution in [0.25, 0.3) is 11.1 Å². The minimum Gasteiger partial charge on any atom is -0.316 e. The molecule has 0 saturated carbocycles. The van der Waals surface area contributed by atoms with Crippen LogP contribution in [-0.2, 0) is 6.54 Å². The van der Waals surface area contributed by atoms with Gasteiger partial charge in [0, 0.05) is 17.1 Å². The molecule has 1 N–H and O–H groups in total. The lowest BCUT2D eigenvalue weighted by Crippen LogP contribution is -2.06. The first-order valence-corrected chi connectivity index (χ1v) is 6.19. The van der Waals surface area contributed by atoms with Crippen molar-refractivity contribution in [2.45, 2.75) is 13.5 Å². The molecule has 0 aliphatic heterocycles. The van der Waals surface area contributed by atoms with Crippen LogP contribution in [0.3, 0.4) is 0 Å². The molecule has 0 unspecified atom stereocenters. The van der Waals surface area contributed by atoms with Crippen molar-refractivity contribution >= 4 is 11.6 Å². The molecule has 0 bridgehead atoms. The van der Waals surface area contributed by atoms with E-state index in [0.29, 0.717) is 5.02 Å². The van der Waals surface area contributed by atoms with Crippen molar-refractivity contribution < 1.29 is 4.39 Å². The molecule has 0 amide bonds. The highest BCUT2D eigenvalue weighted by atomic mass is 35.5. The number of benzene rings is 2. The van der Waals surface area contributed by atoms with Gasteiger partial charge in [-0.1, -0.05) is 35.4 Å². The van der Waals surface area contributed by atoms with Crippen LogP contribution < -0.4 is 5.32 Å². The summed E-state index contributed by atoms with van der Waals surface area (Å²) < 4.78 is 13.4. The van der Waals surface area contributed by atoms with Crippen LogP contribution in [-0.4, -0.2) is 7.05 Å². The van der Waals surface area contributed by atoms with Crippen LogP contribution in [0.4, 0.5) is 4.39 Å². The van der Waals surface area contributed by atoms with Crippen molar-refractivity contribution in [3.8, 4) is 11.1 Å². The minimum atomic E-state index is -0.272. The van der Waals surface area contributed by atoms with Gasteiger partial charge in [0.15, 0.2) is 0 Å². The van der Waals surface area contributed by atoms with Gasteiger partial charge in [0.1, 0.15) is 5.82 Å². The molecule has 0 aromatic heterocycles. The Morgan fingerprint density at radius 3 is 2.61 bits per heavy atom. The summed E-state index contributed by atoms with van der Waals surface area (Å²) in [6, 6.07) is 10.6. The Morgan fingerprint density at radius 1 is 1.11 bits per heavy atom. The number of hydrogen-bond acceptors (Lipinski definition) is 1. The summed E-state index contributed by atoms with van der Waals surface area (Å²) in [6.07, 6.45) is 0. The molecule has 0 radical (unpaired) electrons. The largest absolute Gasteiger partial charge is 0.316 e. The SMILES string of the molecule is CNCc1ccc(C)cc1-c1cc(F)ccc1Cl. The van der Waals surface area contributed by atoms with E-state index in [-0.39, 0.29) is 5.82 Å². The van der Waals surface area contributed by atoms with Crippen LogP contribution in [0, 0.1) is 12.7 Å². The Balaban J connectivity index is 2.61. The van der Waals surface area contributed by atoms with E-state index in [9.17, 15) is 4.39 Å². The summed E-state index contributed by atoms with van der Waals surface area (Å²) in [5.74, 6) is -0.272. The molecule has 0 heterocycles. The average Bonchev–Trinajstić information content (AvgIpc) is 2.35. The van der Waals surface area contributed by atoms with Gasteiger partial charge in [0.05, 0.1) is 0 Å². The zero-order chi connectivity index (χ0) is 13.1. The smallest absolute Gasteiger partial charge is 0.123 e. The summed E-state index contributed by atoms with van der Waals surface area (Å²) in [6.45, 7) is 2.74. The highest BCUT2D eigenvalue weighted by molar-refractivity contribution is 6.33. The number of rotatable bonds is 3. The van der Waals surface area contributed by atoms with Gasteiger partial charge < -0.3 is 5.32 Å². The van der Waals surface area contributed by atoms with Crippen molar-refractivity contribution in [3.63, 3.8) is 0 Å². The van der Waals surface area contributed by atoms with E-state index in [4.69, 9.17) is 11.6 Å². The van der Waals surface area contributed by atoms with E-state index in [1.807, 2.05) is 32.2 Å². The molecule has 0 aliphatic rings. The second-order valence-electron chi connectivity index (χ2n) is 4.32. The third-order valence-electron chi connectivity index (χ3n) is 2.85. The van der Waals surface area contributed by atoms with Crippen LogP contribution >= 0.6 is 11.6 Å². The first-order chi connectivity index (χ1) is 8.61. The molecule has 1 nitrogen and oxygen atoms in total. The van der Waals surface area contributed by atoms with Crippen molar-refractivity contribution in [1.29, 1.82) is 0 Å². The Labute approximate surface area is 112 Å². The molecule has 2 aromatic rings. The van der Waals surface area contributed by atoms with E-state index in [2.05, 4.69) is 5.32 Å². The van der Waals surface area contributed by atoms with Crippen LogP contribution in [0.1, 0.15) is 11.1 Å². The molecule has 0 spiro atoms. The number of nitrogens with one attached hydrogen (secondary N) is 1. The fourth-order valence-corrected chi connectivity index (χ4v) is 2.21. The predicted octanol–water partition coefficient (Wildman–Crippen LogP) is 4.17. The van der Waals surface area contributed by atoms with Crippen LogP contribution in [0.2, 0.25) is 5.02 Å². The summed E-state index contributed by atoms with van der Waals surface area (Å²) in [4.78, 5) is 0. The molecule has 18 heavy (non-hydrogen) atoms. The minimum absolute atomic E-state index is 0.272. The van der Waals surface area contributed by atoms with Gasteiger partial charge in [-0.15, -0.1) is 0 Å². The van der Waals surface area contributed by atoms with Crippen molar-refractivity contribution in [1.82, 2.24) is 5.32 Å². The topological polar surface area (TPSA) is 12.0 Å². The number of aryl methyl sites for hydroxylation is 1. The highest BCUT2D eigenvalue weighted by Crippen LogP contribution is 2.32. The number of halogens is 2. The zero-order valence-corrected chi connectivity index (χ0v) is 11.2. The molecule has 0 atom stereocenters. The third-order valence-corrected chi connectivity index (χ3v) is 3.18. The third kappa shape index (κ3) is 2.71. The fraction of sp³-hybridized carbons (Fsp3) is 0.200. The van der Waals surface area contributed by atoms with Gasteiger partial charge in [0.2, 0.25) is 0 Å². The van der Waals surface area contributed by atoms with Crippen LogP contribution in [0.15, 0.2) is 36.4 Å². The molecule has 0 fully saturated rings. The van der Waals surface area contributed by atoms with Gasteiger partial charge >= 0.3 is 0 Å². The predicted molar refractivity (Wildman–Crippen MR) is 74.3 cm³/mol. The Kier molecular flexibility index (Phi) is 4.00. The van der Waals surface area contributed by atoms with E-state index in [0.717, 1.165) is 28.8 Å². The van der Waals surface area contributed by atoms with Gasteiger partial charge in [-0.3, -0.25) is 0 Å². The van der Waals surface area contributed by atoms with Crippen molar-refractivity contribution in [2.75, 3.05) is 7.05 Å². The molecule has 0 saturated heterocycles. The lowest BCUT2D eigenvalue weighted by Gasteiger charge is -2.12. The maximum atomic E-state index is 13.4. The lowest BCUT2D eigenvalue weighted by molar-refractivity contribution is 0.628. The maximum Gasteiger partial charge on any atom is 0.123 e. The van der Waals surface area contributed by atoms with Gasteiger partial charge in [0.25, 0.3) is 0 Å². The quantitative estimate of drug-likeness (QED) is 0.876. The summed E-state index contributed by atoms with van der Waals surface area (Å²) >= 11 is 6.17. The zero-order valence-electron chi connectivity index (χ0n) is 10.4. The second kappa shape index (κ2) is 5.51. The van der Waals surface area contributed by atoms with E-state index in [1.165, 1.54) is 12.1 Å². The van der Waals surface area contributed by atoms with Crippen LogP contribution in [0.5, 0.6) is 0 Å². The number of hydrogen-bond donors (Lipinski definition) is 1. The first-order valence-electron chi connectivity index (χ1n) is 5.81. The van der Waals surface area contributed by atoms with Gasteiger partial charge in [-0.25, -0.2) is 4.39 Å². The van der Waals surface area contributed by atoms with Crippen molar-refractivity contribution in [2.24, 2.45) is 0 Å². The molecular formula is C15H15ClFN. The lowest BCUT2D eigenvalue weighted by atomic mass is 9.97. The highest BCUT2D eigenvalue weighted by Gasteiger charge is 2.10. The standard InChI is InChI=1S/C15H15ClFN/c1-10-3-4-11(9-18-2)13(7-10)14-8-12(17)5-6-15(14)16/h3-8,18H,9H2,1-2H3. The van der Waals surface area contributed by atoms with Crippen molar-refractivity contribution in [3.05, 3.63) is 58.4 Å². The van der Waals surface area contributed by atoms with E-state index in [1.54, 1.807) is 6.07 Å².